The van der Waals surface area contributed by atoms with E-state index in [1.807, 2.05) is 25.2 Å². The van der Waals surface area contributed by atoms with Crippen LogP contribution >= 0.6 is 0 Å². The molecule has 2 aliphatic carbocycles. The molecule has 2 N–H and O–H groups in total. The summed E-state index contributed by atoms with van der Waals surface area (Å²) >= 11 is 0. The van der Waals surface area contributed by atoms with E-state index in [1.165, 1.54) is 0 Å². The normalized spacial score (nSPS) is 37.3. The van der Waals surface area contributed by atoms with E-state index >= 15 is 0 Å². The smallest absolute Gasteiger partial charge is 0.255 e. The molecule has 1 unspecified atom stereocenters. The summed E-state index contributed by atoms with van der Waals surface area (Å²) in [6, 6.07) is -0.477. The molecule has 3 rings (SSSR count). The van der Waals surface area contributed by atoms with Gasteiger partial charge in [-0.3, -0.25) is 9.59 Å². The second-order valence-electron chi connectivity index (χ2n) is 8.33. The molecule has 0 aromatic rings. The van der Waals surface area contributed by atoms with Crippen LogP contribution in [0.15, 0.2) is 48.1 Å². The van der Waals surface area contributed by atoms with Gasteiger partial charge in [-0.2, -0.15) is 0 Å². The zero-order valence-electron chi connectivity index (χ0n) is 16.5. The number of carbonyl (C=O) groups is 2. The first-order valence-electron chi connectivity index (χ1n) is 10.1. The van der Waals surface area contributed by atoms with Crippen molar-refractivity contribution in [1.29, 1.82) is 0 Å². The number of rotatable bonds is 5. The molecule has 7 atom stereocenters. The SMILES string of the molecule is C/C=C/C=C/[C@@H]1C=C[C@@H]2C[C@H](C)CC[C@H]2[C@@H]1C(=O)C1=C[C@H](C(C)O)NC1=O. The predicted octanol–water partition coefficient (Wildman–Crippen LogP) is 3.35. The fourth-order valence-electron chi connectivity index (χ4n) is 4.81. The Hall–Kier alpha value is -1.94. The lowest BCUT2D eigenvalue weighted by molar-refractivity contribution is -0.126. The Labute approximate surface area is 162 Å². The standard InChI is InChI=1S/C23H31NO3/c1-4-5-6-7-16-9-10-17-12-14(2)8-11-18(17)21(16)22(26)19-13-20(15(3)25)24-23(19)27/h4-7,9-10,13-18,20-21,25H,8,11-12H2,1-3H3,(H,24,27)/b5-4+,7-6+/t14-,15?,16-,17-,18-,20-,21-/m1/s1. The van der Waals surface area contributed by atoms with Crippen molar-refractivity contribution in [3.63, 3.8) is 0 Å². The van der Waals surface area contributed by atoms with Crippen molar-refractivity contribution in [3.8, 4) is 0 Å². The molecule has 0 radical (unpaired) electrons. The number of Topliss-reactive ketones (excluding diaryl/α,β-unsaturated/α-hetero) is 1. The molecule has 1 aliphatic heterocycles. The molecular weight excluding hydrogens is 338 g/mol. The van der Waals surface area contributed by atoms with Crippen LogP contribution in [0.5, 0.6) is 0 Å². The molecule has 3 aliphatic rings. The highest BCUT2D eigenvalue weighted by atomic mass is 16.3. The minimum absolute atomic E-state index is 0.00246. The molecule has 0 spiro atoms. The second-order valence-corrected chi connectivity index (χ2v) is 8.33. The van der Waals surface area contributed by atoms with E-state index in [-0.39, 0.29) is 35.0 Å². The van der Waals surface area contributed by atoms with Gasteiger partial charge >= 0.3 is 0 Å². The van der Waals surface area contributed by atoms with Gasteiger partial charge in [0.1, 0.15) is 0 Å². The lowest BCUT2D eigenvalue weighted by Gasteiger charge is -2.42. The highest BCUT2D eigenvalue weighted by molar-refractivity contribution is 6.21. The van der Waals surface area contributed by atoms with Gasteiger partial charge in [-0.05, 0) is 50.5 Å². The maximum Gasteiger partial charge on any atom is 0.255 e. The van der Waals surface area contributed by atoms with Crippen molar-refractivity contribution < 1.29 is 14.7 Å². The summed E-state index contributed by atoms with van der Waals surface area (Å²) in [5, 5.41) is 12.5. The molecule has 1 amide bonds. The number of aliphatic hydroxyl groups excluding tert-OH is 1. The summed E-state index contributed by atoms with van der Waals surface area (Å²) in [4.78, 5) is 25.9. The lowest BCUT2D eigenvalue weighted by atomic mass is 9.61. The van der Waals surface area contributed by atoms with Crippen LogP contribution in [-0.2, 0) is 9.59 Å². The van der Waals surface area contributed by atoms with Crippen molar-refractivity contribution in [2.45, 2.75) is 52.2 Å². The highest BCUT2D eigenvalue weighted by Crippen LogP contribution is 2.46. The number of fused-ring (bicyclic) bond motifs is 1. The van der Waals surface area contributed by atoms with Crippen LogP contribution in [0.25, 0.3) is 0 Å². The number of nitrogens with one attached hydrogen (secondary N) is 1. The van der Waals surface area contributed by atoms with Crippen molar-refractivity contribution in [1.82, 2.24) is 5.32 Å². The predicted molar refractivity (Wildman–Crippen MR) is 107 cm³/mol. The van der Waals surface area contributed by atoms with Crippen LogP contribution in [0, 0.1) is 29.6 Å². The lowest BCUT2D eigenvalue weighted by Crippen LogP contribution is -2.41. The molecule has 1 heterocycles. The van der Waals surface area contributed by atoms with E-state index in [0.29, 0.717) is 11.8 Å². The minimum atomic E-state index is -0.709. The number of allylic oxidation sites excluding steroid dienone is 6. The Bertz CT molecular complexity index is 700. The number of aliphatic hydroxyl groups is 1. The zero-order valence-corrected chi connectivity index (χ0v) is 16.5. The van der Waals surface area contributed by atoms with Crippen molar-refractivity contribution in [2.24, 2.45) is 29.6 Å². The molecular formula is C23H31NO3. The van der Waals surface area contributed by atoms with Gasteiger partial charge in [0.15, 0.2) is 5.78 Å². The Morgan fingerprint density at radius 1 is 1.30 bits per heavy atom. The van der Waals surface area contributed by atoms with E-state index in [2.05, 4.69) is 30.5 Å². The summed E-state index contributed by atoms with van der Waals surface area (Å²) in [7, 11) is 0. The first kappa shape index (κ1) is 19.8. The van der Waals surface area contributed by atoms with Crippen LogP contribution in [0.2, 0.25) is 0 Å². The molecule has 0 aromatic carbocycles. The van der Waals surface area contributed by atoms with Crippen molar-refractivity contribution in [2.75, 3.05) is 0 Å². The van der Waals surface area contributed by atoms with Gasteiger partial charge in [0, 0.05) is 11.8 Å². The minimum Gasteiger partial charge on any atom is -0.391 e. The van der Waals surface area contributed by atoms with Crippen molar-refractivity contribution >= 4 is 11.7 Å². The summed E-state index contributed by atoms with van der Waals surface area (Å²) in [5.74, 6) is 0.735. The average Bonchev–Trinajstić information content (AvgIpc) is 3.03. The van der Waals surface area contributed by atoms with E-state index in [0.717, 1.165) is 19.3 Å². The molecule has 0 aromatic heterocycles. The Morgan fingerprint density at radius 3 is 2.74 bits per heavy atom. The Kier molecular flexibility index (Phi) is 6.15. The molecule has 4 nitrogen and oxygen atoms in total. The van der Waals surface area contributed by atoms with E-state index in [9.17, 15) is 14.7 Å². The number of hydrogen-bond acceptors (Lipinski definition) is 3. The number of hydrogen-bond donors (Lipinski definition) is 2. The first-order valence-corrected chi connectivity index (χ1v) is 10.1. The fraction of sp³-hybridized carbons (Fsp3) is 0.565. The van der Waals surface area contributed by atoms with Gasteiger partial charge in [0.05, 0.1) is 17.7 Å². The third-order valence-corrected chi connectivity index (χ3v) is 6.29. The maximum absolute atomic E-state index is 13.5. The summed E-state index contributed by atoms with van der Waals surface area (Å²) in [6.45, 7) is 5.87. The highest BCUT2D eigenvalue weighted by Gasteiger charge is 2.44. The summed E-state index contributed by atoms with van der Waals surface area (Å²) < 4.78 is 0. The molecule has 27 heavy (non-hydrogen) atoms. The van der Waals surface area contributed by atoms with Gasteiger partial charge in [-0.25, -0.2) is 0 Å². The Balaban J connectivity index is 1.92. The van der Waals surface area contributed by atoms with Crippen LogP contribution in [0.4, 0.5) is 0 Å². The second kappa shape index (κ2) is 8.39. The van der Waals surface area contributed by atoms with Gasteiger partial charge in [0.2, 0.25) is 0 Å². The topological polar surface area (TPSA) is 66.4 Å². The first-order chi connectivity index (χ1) is 12.9. The Morgan fingerprint density at radius 2 is 2.07 bits per heavy atom. The van der Waals surface area contributed by atoms with Crippen LogP contribution in [-0.4, -0.2) is 28.9 Å². The summed E-state index contributed by atoms with van der Waals surface area (Å²) in [5.41, 5.74) is 0.225. The maximum atomic E-state index is 13.5. The van der Waals surface area contributed by atoms with Crippen LogP contribution in [0.3, 0.4) is 0 Å². The number of ketones is 1. The van der Waals surface area contributed by atoms with Crippen molar-refractivity contribution in [3.05, 3.63) is 48.1 Å². The molecule has 4 heteroatoms. The van der Waals surface area contributed by atoms with Gasteiger partial charge in [-0.15, -0.1) is 0 Å². The van der Waals surface area contributed by atoms with Gasteiger partial charge in [0.25, 0.3) is 5.91 Å². The third-order valence-electron chi connectivity index (χ3n) is 6.29. The quantitative estimate of drug-likeness (QED) is 0.444. The average molecular weight is 370 g/mol. The largest absolute Gasteiger partial charge is 0.391 e. The third kappa shape index (κ3) is 4.16. The summed E-state index contributed by atoms with van der Waals surface area (Å²) in [6.07, 6.45) is 16.6. The monoisotopic (exact) mass is 369 g/mol. The number of carbonyl (C=O) groups excluding carboxylic acids is 2. The molecule has 0 saturated heterocycles. The molecule has 1 saturated carbocycles. The van der Waals surface area contributed by atoms with E-state index in [4.69, 9.17) is 0 Å². The van der Waals surface area contributed by atoms with Crippen LogP contribution < -0.4 is 5.32 Å². The van der Waals surface area contributed by atoms with Gasteiger partial charge < -0.3 is 10.4 Å². The van der Waals surface area contributed by atoms with E-state index in [1.54, 1.807) is 13.0 Å². The zero-order chi connectivity index (χ0) is 19.6. The molecule has 146 valence electrons. The van der Waals surface area contributed by atoms with E-state index < -0.39 is 12.1 Å². The van der Waals surface area contributed by atoms with Crippen LogP contribution in [0.1, 0.15) is 40.0 Å². The molecule has 0 bridgehead atoms. The van der Waals surface area contributed by atoms with Gasteiger partial charge in [-0.1, -0.05) is 49.8 Å². The number of amides is 1. The fourth-order valence-corrected chi connectivity index (χ4v) is 4.81. The molecule has 1 fully saturated rings.